The molecule has 2 aromatic carbocycles. The van der Waals surface area contributed by atoms with E-state index in [1.165, 1.54) is 0 Å². The van der Waals surface area contributed by atoms with E-state index in [9.17, 15) is 18.4 Å². The number of carbonyl (C=O) groups excluding carboxylic acids is 2. The maximum absolute atomic E-state index is 13.4. The Labute approximate surface area is 174 Å². The summed E-state index contributed by atoms with van der Waals surface area (Å²) in [5.74, 6) is -3.15. The molecule has 0 saturated carbocycles. The van der Waals surface area contributed by atoms with Crippen LogP contribution in [-0.2, 0) is 0 Å². The molecule has 1 saturated heterocycles. The fourth-order valence-electron chi connectivity index (χ4n) is 3.40. The Kier molecular flexibility index (Phi) is 6.24. The summed E-state index contributed by atoms with van der Waals surface area (Å²) in [5, 5.41) is 5.59. The lowest BCUT2D eigenvalue weighted by Gasteiger charge is -2.21. The third-order valence-electron chi connectivity index (χ3n) is 5.08. The minimum Gasteiger partial charge on any atom is -0.377 e. The van der Waals surface area contributed by atoms with Crippen molar-refractivity contribution < 1.29 is 18.4 Å². The van der Waals surface area contributed by atoms with Gasteiger partial charge < -0.3 is 20.4 Å². The average molecular weight is 416 g/mol. The van der Waals surface area contributed by atoms with Crippen LogP contribution < -0.4 is 15.5 Å². The lowest BCUT2D eigenvalue weighted by atomic mass is 10.1. The van der Waals surface area contributed by atoms with Gasteiger partial charge in [-0.15, -0.1) is 0 Å². The van der Waals surface area contributed by atoms with Gasteiger partial charge >= 0.3 is 6.03 Å². The molecule has 1 fully saturated rings. The van der Waals surface area contributed by atoms with Gasteiger partial charge in [0.25, 0.3) is 11.8 Å². The number of nitrogens with zero attached hydrogens (tertiary/aromatic N) is 2. The molecule has 30 heavy (non-hydrogen) atoms. The fourth-order valence-corrected chi connectivity index (χ4v) is 3.40. The number of alkyl halides is 2. The van der Waals surface area contributed by atoms with E-state index in [1.54, 1.807) is 23.1 Å². The number of anilines is 2. The topological polar surface area (TPSA) is 64.7 Å². The van der Waals surface area contributed by atoms with E-state index in [2.05, 4.69) is 10.6 Å². The van der Waals surface area contributed by atoms with Crippen molar-refractivity contribution in [3.05, 3.63) is 59.7 Å². The number of hydrogen-bond acceptors (Lipinski definition) is 3. The predicted molar refractivity (Wildman–Crippen MR) is 113 cm³/mol. The molecular weight excluding hydrogens is 390 g/mol. The first-order valence-corrected chi connectivity index (χ1v) is 9.77. The van der Waals surface area contributed by atoms with Crippen LogP contribution >= 0.6 is 0 Å². The number of halogens is 2. The van der Waals surface area contributed by atoms with Crippen molar-refractivity contribution in [2.75, 3.05) is 37.4 Å². The molecule has 0 bridgehead atoms. The molecule has 1 aliphatic rings. The number of urea groups is 1. The summed E-state index contributed by atoms with van der Waals surface area (Å²) < 4.78 is 26.8. The van der Waals surface area contributed by atoms with Crippen LogP contribution in [0.2, 0.25) is 0 Å². The number of nitrogens with one attached hydrogen (secondary N) is 2. The van der Waals surface area contributed by atoms with Crippen molar-refractivity contribution in [1.82, 2.24) is 10.2 Å². The SMILES string of the molecule is CC(NC(=O)c1cc(NC(=O)N2CCC(F)(F)C2)ccc1N(C)C)c1ccccc1. The van der Waals surface area contributed by atoms with Gasteiger partial charge in [-0.2, -0.15) is 0 Å². The molecule has 160 valence electrons. The number of hydrogen-bond donors (Lipinski definition) is 2. The molecule has 3 rings (SSSR count). The Morgan fingerprint density at radius 3 is 2.43 bits per heavy atom. The van der Waals surface area contributed by atoms with Crippen molar-refractivity contribution in [2.24, 2.45) is 0 Å². The Hall–Kier alpha value is -3.16. The van der Waals surface area contributed by atoms with Gasteiger partial charge in [-0.25, -0.2) is 13.6 Å². The van der Waals surface area contributed by atoms with Crippen LogP contribution in [0.25, 0.3) is 0 Å². The van der Waals surface area contributed by atoms with Gasteiger partial charge in [0.2, 0.25) is 0 Å². The first-order valence-electron chi connectivity index (χ1n) is 9.77. The molecule has 1 atom stereocenters. The molecule has 2 aromatic rings. The molecule has 0 spiro atoms. The molecule has 0 aromatic heterocycles. The lowest BCUT2D eigenvalue weighted by Crippen LogP contribution is -2.35. The summed E-state index contributed by atoms with van der Waals surface area (Å²) in [6, 6.07) is 13.7. The highest BCUT2D eigenvalue weighted by molar-refractivity contribution is 6.02. The summed E-state index contributed by atoms with van der Waals surface area (Å²) in [7, 11) is 3.63. The van der Waals surface area contributed by atoms with Crippen LogP contribution in [0.5, 0.6) is 0 Å². The molecule has 1 aliphatic heterocycles. The van der Waals surface area contributed by atoms with Gasteiger partial charge in [-0.05, 0) is 30.7 Å². The van der Waals surface area contributed by atoms with E-state index in [0.717, 1.165) is 10.5 Å². The highest BCUT2D eigenvalue weighted by Gasteiger charge is 2.40. The quantitative estimate of drug-likeness (QED) is 0.771. The van der Waals surface area contributed by atoms with Crippen LogP contribution in [-0.4, -0.2) is 49.9 Å². The van der Waals surface area contributed by atoms with E-state index >= 15 is 0 Å². The first kappa shape index (κ1) is 21.5. The van der Waals surface area contributed by atoms with Crippen molar-refractivity contribution >= 4 is 23.3 Å². The largest absolute Gasteiger partial charge is 0.377 e. The monoisotopic (exact) mass is 416 g/mol. The number of amides is 3. The van der Waals surface area contributed by atoms with E-state index in [1.807, 2.05) is 51.4 Å². The van der Waals surface area contributed by atoms with Gasteiger partial charge in [0.15, 0.2) is 0 Å². The van der Waals surface area contributed by atoms with Crippen molar-refractivity contribution in [3.63, 3.8) is 0 Å². The average Bonchev–Trinajstić information content (AvgIpc) is 3.08. The summed E-state index contributed by atoms with van der Waals surface area (Å²) >= 11 is 0. The number of rotatable bonds is 5. The molecule has 1 unspecified atom stereocenters. The molecule has 0 radical (unpaired) electrons. The van der Waals surface area contributed by atoms with Crippen LogP contribution in [0.1, 0.15) is 35.3 Å². The number of likely N-dealkylation sites (tertiary alicyclic amines) is 1. The molecule has 2 N–H and O–H groups in total. The smallest absolute Gasteiger partial charge is 0.322 e. The molecule has 8 heteroatoms. The van der Waals surface area contributed by atoms with Crippen LogP contribution in [0.15, 0.2) is 48.5 Å². The third kappa shape index (κ3) is 5.06. The summed E-state index contributed by atoms with van der Waals surface area (Å²) in [5.41, 5.74) is 2.40. The molecule has 6 nitrogen and oxygen atoms in total. The van der Waals surface area contributed by atoms with E-state index < -0.39 is 18.5 Å². The van der Waals surface area contributed by atoms with Crippen LogP contribution in [0.4, 0.5) is 25.0 Å². The van der Waals surface area contributed by atoms with E-state index in [0.29, 0.717) is 16.9 Å². The van der Waals surface area contributed by atoms with Gasteiger partial charge in [-0.3, -0.25) is 4.79 Å². The minimum atomic E-state index is -2.86. The lowest BCUT2D eigenvalue weighted by molar-refractivity contribution is 0.0159. The van der Waals surface area contributed by atoms with Crippen LogP contribution in [0.3, 0.4) is 0 Å². The normalized spacial score (nSPS) is 16.1. The van der Waals surface area contributed by atoms with Crippen molar-refractivity contribution in [2.45, 2.75) is 25.3 Å². The highest BCUT2D eigenvalue weighted by Crippen LogP contribution is 2.28. The highest BCUT2D eigenvalue weighted by atomic mass is 19.3. The Bertz CT molecular complexity index is 919. The zero-order chi connectivity index (χ0) is 21.9. The fraction of sp³-hybridized carbons (Fsp3) is 0.364. The van der Waals surface area contributed by atoms with Gasteiger partial charge in [0.1, 0.15) is 0 Å². The van der Waals surface area contributed by atoms with E-state index in [4.69, 9.17) is 0 Å². The molecular formula is C22H26F2N4O2. The summed E-state index contributed by atoms with van der Waals surface area (Å²) in [6.07, 6.45) is -0.342. The minimum absolute atomic E-state index is 0.00342. The van der Waals surface area contributed by atoms with Crippen molar-refractivity contribution in [1.29, 1.82) is 0 Å². The van der Waals surface area contributed by atoms with Gasteiger partial charge in [-0.1, -0.05) is 30.3 Å². The molecule has 1 heterocycles. The molecule has 0 aliphatic carbocycles. The maximum atomic E-state index is 13.4. The first-order chi connectivity index (χ1) is 14.2. The van der Waals surface area contributed by atoms with Gasteiger partial charge in [0, 0.05) is 38.4 Å². The second kappa shape index (κ2) is 8.69. The van der Waals surface area contributed by atoms with Gasteiger partial charge in [0.05, 0.1) is 18.2 Å². The summed E-state index contributed by atoms with van der Waals surface area (Å²) in [6.45, 7) is 1.29. The maximum Gasteiger partial charge on any atom is 0.322 e. The number of carbonyl (C=O) groups is 2. The second-order valence-electron chi connectivity index (χ2n) is 7.69. The molecule has 3 amide bonds. The number of benzene rings is 2. The zero-order valence-electron chi connectivity index (χ0n) is 17.3. The second-order valence-corrected chi connectivity index (χ2v) is 7.69. The Morgan fingerprint density at radius 1 is 1.13 bits per heavy atom. The standard InChI is InChI=1S/C22H26F2N4O2/c1-15(16-7-5-4-6-8-16)25-20(29)18-13-17(9-10-19(18)27(2)3)26-21(30)28-12-11-22(23,24)14-28/h4-10,13,15H,11-12,14H2,1-3H3,(H,25,29)(H,26,30). The Morgan fingerprint density at radius 2 is 1.83 bits per heavy atom. The van der Waals surface area contributed by atoms with E-state index in [-0.39, 0.29) is 24.9 Å². The Balaban J connectivity index is 1.77. The van der Waals surface area contributed by atoms with Crippen LogP contribution in [0, 0.1) is 0 Å². The summed E-state index contributed by atoms with van der Waals surface area (Å²) in [4.78, 5) is 28.2. The third-order valence-corrected chi connectivity index (χ3v) is 5.08. The van der Waals surface area contributed by atoms with Crippen molar-refractivity contribution in [3.8, 4) is 0 Å². The predicted octanol–water partition coefficient (Wildman–Crippen LogP) is 4.12. The zero-order valence-corrected chi connectivity index (χ0v) is 17.3.